The van der Waals surface area contributed by atoms with Crippen molar-refractivity contribution in [2.45, 2.75) is 76.9 Å². The minimum absolute atomic E-state index is 0.0123. The van der Waals surface area contributed by atoms with Crippen molar-refractivity contribution in [2.24, 2.45) is 11.8 Å². The van der Waals surface area contributed by atoms with Gasteiger partial charge in [0.25, 0.3) is 0 Å². The molecule has 2 fully saturated rings. The number of allylic oxidation sites excluding steroid dienone is 2. The number of ether oxygens (including phenoxy) is 1. The predicted molar refractivity (Wildman–Crippen MR) is 135 cm³/mol. The number of imide groups is 1. The molecule has 0 spiro atoms. The molecule has 0 radical (unpaired) electrons. The molecule has 4 rings (SSSR count). The molecule has 1 saturated heterocycles. The van der Waals surface area contributed by atoms with E-state index in [1.54, 1.807) is 18.9 Å². The van der Waals surface area contributed by atoms with E-state index in [1.807, 2.05) is 36.4 Å². The molecule has 8 heteroatoms. The fourth-order valence-corrected chi connectivity index (χ4v) is 5.52. The number of amides is 4. The van der Waals surface area contributed by atoms with Gasteiger partial charge in [-0.1, -0.05) is 43.5 Å². The molecule has 1 aliphatic heterocycles. The molecule has 1 saturated carbocycles. The van der Waals surface area contributed by atoms with E-state index in [2.05, 4.69) is 5.32 Å². The predicted octanol–water partition coefficient (Wildman–Crippen LogP) is 3.20. The van der Waals surface area contributed by atoms with Gasteiger partial charge >= 0.3 is 0 Å². The highest BCUT2D eigenvalue weighted by molar-refractivity contribution is 6.05. The van der Waals surface area contributed by atoms with Crippen LogP contribution in [-0.2, 0) is 25.7 Å². The lowest BCUT2D eigenvalue weighted by atomic mass is 9.85. The minimum Gasteiger partial charge on any atom is -0.497 e. The Morgan fingerprint density at radius 1 is 1.03 bits per heavy atom. The van der Waals surface area contributed by atoms with Gasteiger partial charge in [0, 0.05) is 25.6 Å². The Kier molecular flexibility index (Phi) is 8.44. The number of hydrogen-bond acceptors (Lipinski definition) is 5. The zero-order valence-electron chi connectivity index (χ0n) is 21.3. The fourth-order valence-electron chi connectivity index (χ4n) is 5.52. The van der Waals surface area contributed by atoms with Crippen LogP contribution in [0.4, 0.5) is 0 Å². The van der Waals surface area contributed by atoms with Crippen LogP contribution in [0.1, 0.15) is 63.9 Å². The van der Waals surface area contributed by atoms with Gasteiger partial charge in [-0.3, -0.25) is 24.1 Å². The summed E-state index contributed by atoms with van der Waals surface area (Å²) in [6.07, 6.45) is 10.3. The number of carbonyl (C=O) groups excluding carboxylic acids is 4. The Morgan fingerprint density at radius 3 is 2.22 bits per heavy atom. The maximum atomic E-state index is 13.5. The second-order valence-electron chi connectivity index (χ2n) is 10.1. The fraction of sp³-hybridized carbons (Fsp3) is 0.571. The van der Waals surface area contributed by atoms with Crippen molar-refractivity contribution in [3.05, 3.63) is 42.0 Å². The standard InChI is InChI=1S/C28H37N3O5/c1-19(26(33)29-21-8-4-3-5-9-21)31(18-20-12-14-22(36-2)15-13-20)25(32)16-17-30-27(34)23-10-6-7-11-24(23)28(30)35/h6-7,12-15,19,21,23-24H,3-5,8-11,16-18H2,1-2H3,(H,29,33)/t19?,23-,24+. The van der Waals surface area contributed by atoms with Gasteiger partial charge in [0.2, 0.25) is 23.6 Å². The third-order valence-corrected chi connectivity index (χ3v) is 7.78. The number of fused-ring (bicyclic) bond motifs is 1. The van der Waals surface area contributed by atoms with E-state index >= 15 is 0 Å². The average molecular weight is 496 g/mol. The summed E-state index contributed by atoms with van der Waals surface area (Å²) in [6.45, 7) is 2.03. The molecule has 36 heavy (non-hydrogen) atoms. The van der Waals surface area contributed by atoms with E-state index in [0.717, 1.165) is 31.2 Å². The van der Waals surface area contributed by atoms with E-state index in [9.17, 15) is 19.2 Å². The molecule has 8 nitrogen and oxygen atoms in total. The van der Waals surface area contributed by atoms with Gasteiger partial charge in [0.05, 0.1) is 18.9 Å². The molecule has 1 aromatic carbocycles. The lowest BCUT2D eigenvalue weighted by molar-refractivity contribution is -0.144. The Bertz CT molecular complexity index is 973. The van der Waals surface area contributed by atoms with Crippen LogP contribution in [0.2, 0.25) is 0 Å². The quantitative estimate of drug-likeness (QED) is 0.419. The van der Waals surface area contributed by atoms with Crippen molar-refractivity contribution in [2.75, 3.05) is 13.7 Å². The molecular weight excluding hydrogens is 458 g/mol. The van der Waals surface area contributed by atoms with Crippen molar-refractivity contribution < 1.29 is 23.9 Å². The third-order valence-electron chi connectivity index (χ3n) is 7.78. The number of benzene rings is 1. The third kappa shape index (κ3) is 5.79. The monoisotopic (exact) mass is 495 g/mol. The molecule has 0 bridgehead atoms. The first-order chi connectivity index (χ1) is 17.4. The Labute approximate surface area is 213 Å². The van der Waals surface area contributed by atoms with Crippen LogP contribution < -0.4 is 10.1 Å². The van der Waals surface area contributed by atoms with Crippen molar-refractivity contribution in [1.82, 2.24) is 15.1 Å². The topological polar surface area (TPSA) is 96.0 Å². The number of methoxy groups -OCH3 is 1. The number of carbonyl (C=O) groups is 4. The van der Waals surface area contributed by atoms with E-state index in [0.29, 0.717) is 18.6 Å². The normalized spacial score (nSPS) is 22.8. The number of nitrogens with zero attached hydrogens (tertiary/aromatic N) is 2. The van der Waals surface area contributed by atoms with Gasteiger partial charge < -0.3 is 15.0 Å². The molecule has 194 valence electrons. The first-order valence-electron chi connectivity index (χ1n) is 13.1. The van der Waals surface area contributed by atoms with E-state index in [4.69, 9.17) is 4.74 Å². The van der Waals surface area contributed by atoms with Crippen molar-refractivity contribution in [3.8, 4) is 5.75 Å². The summed E-state index contributed by atoms with van der Waals surface area (Å²) in [4.78, 5) is 55.0. The Hall–Kier alpha value is -3.16. The summed E-state index contributed by atoms with van der Waals surface area (Å²) in [7, 11) is 1.59. The summed E-state index contributed by atoms with van der Waals surface area (Å²) < 4.78 is 5.23. The van der Waals surface area contributed by atoms with Crippen LogP contribution in [0.15, 0.2) is 36.4 Å². The minimum atomic E-state index is -0.682. The molecule has 2 aliphatic carbocycles. The second-order valence-corrected chi connectivity index (χ2v) is 10.1. The summed E-state index contributed by atoms with van der Waals surface area (Å²) >= 11 is 0. The number of hydrogen-bond donors (Lipinski definition) is 1. The summed E-state index contributed by atoms with van der Waals surface area (Å²) in [5.74, 6) is -0.720. The Morgan fingerprint density at radius 2 is 1.64 bits per heavy atom. The largest absolute Gasteiger partial charge is 0.497 e. The highest BCUT2D eigenvalue weighted by Gasteiger charge is 2.47. The zero-order chi connectivity index (χ0) is 25.7. The lowest BCUT2D eigenvalue weighted by Gasteiger charge is -2.31. The number of rotatable bonds is 9. The lowest BCUT2D eigenvalue weighted by Crippen LogP contribution is -2.51. The SMILES string of the molecule is COc1ccc(CN(C(=O)CCN2C(=O)[C@H]3CC=CC[C@H]3C2=O)C(C)C(=O)NC2CCCCC2)cc1. The van der Waals surface area contributed by atoms with Crippen molar-refractivity contribution >= 4 is 23.6 Å². The molecule has 1 heterocycles. The summed E-state index contributed by atoms with van der Waals surface area (Å²) in [6, 6.07) is 6.85. The van der Waals surface area contributed by atoms with Gasteiger partial charge in [0.1, 0.15) is 11.8 Å². The van der Waals surface area contributed by atoms with Gasteiger partial charge in [-0.25, -0.2) is 0 Å². The Balaban J connectivity index is 1.44. The molecule has 3 atom stereocenters. The maximum absolute atomic E-state index is 13.5. The molecule has 3 aliphatic rings. The molecule has 4 amide bonds. The molecule has 1 aromatic rings. The molecule has 0 aromatic heterocycles. The summed E-state index contributed by atoms with van der Waals surface area (Å²) in [5, 5.41) is 3.12. The van der Waals surface area contributed by atoms with E-state index < -0.39 is 6.04 Å². The van der Waals surface area contributed by atoms with Gasteiger partial charge in [-0.15, -0.1) is 0 Å². The average Bonchev–Trinajstić information content (AvgIpc) is 3.15. The first kappa shape index (κ1) is 25.9. The van der Waals surface area contributed by atoms with E-state index in [-0.39, 0.29) is 61.0 Å². The highest BCUT2D eigenvalue weighted by atomic mass is 16.5. The van der Waals surface area contributed by atoms with Crippen LogP contribution >= 0.6 is 0 Å². The van der Waals surface area contributed by atoms with Crippen molar-refractivity contribution in [3.63, 3.8) is 0 Å². The number of likely N-dealkylation sites (tertiary alicyclic amines) is 1. The second kappa shape index (κ2) is 11.7. The van der Waals surface area contributed by atoms with Gasteiger partial charge in [-0.05, 0) is 50.3 Å². The van der Waals surface area contributed by atoms with Crippen LogP contribution in [-0.4, -0.2) is 59.2 Å². The molecule has 1 unspecified atom stereocenters. The smallest absolute Gasteiger partial charge is 0.242 e. The van der Waals surface area contributed by atoms with Crippen LogP contribution in [0.5, 0.6) is 5.75 Å². The molecule has 1 N–H and O–H groups in total. The zero-order valence-corrected chi connectivity index (χ0v) is 21.3. The summed E-state index contributed by atoms with van der Waals surface area (Å²) in [5.41, 5.74) is 0.867. The maximum Gasteiger partial charge on any atom is 0.242 e. The first-order valence-corrected chi connectivity index (χ1v) is 13.1. The van der Waals surface area contributed by atoms with Gasteiger partial charge in [-0.2, -0.15) is 0 Å². The van der Waals surface area contributed by atoms with E-state index in [1.165, 1.54) is 11.3 Å². The highest BCUT2D eigenvalue weighted by Crippen LogP contribution is 2.35. The van der Waals surface area contributed by atoms with Crippen LogP contribution in [0, 0.1) is 11.8 Å². The van der Waals surface area contributed by atoms with Crippen LogP contribution in [0.3, 0.4) is 0 Å². The van der Waals surface area contributed by atoms with Crippen LogP contribution in [0.25, 0.3) is 0 Å². The molecular formula is C28H37N3O5. The van der Waals surface area contributed by atoms with Gasteiger partial charge in [0.15, 0.2) is 0 Å². The van der Waals surface area contributed by atoms with Crippen molar-refractivity contribution in [1.29, 1.82) is 0 Å². The number of nitrogens with one attached hydrogen (secondary N) is 1.